The van der Waals surface area contributed by atoms with Crippen LogP contribution >= 0.6 is 23.5 Å². The number of hydrogen-bond donors (Lipinski definition) is 0. The van der Waals surface area contributed by atoms with Crippen LogP contribution in [0.1, 0.15) is 45.4 Å². The monoisotopic (exact) mass is 323 g/mol. The Bertz CT molecular complexity index is 441. The molecule has 0 radical (unpaired) electrons. The second-order valence-electron chi connectivity index (χ2n) is 5.59. The van der Waals surface area contributed by atoms with Crippen LogP contribution in [0.2, 0.25) is 0 Å². The lowest BCUT2D eigenvalue weighted by molar-refractivity contribution is 0.216. The predicted octanol–water partition coefficient (Wildman–Crippen LogP) is 5.67. The van der Waals surface area contributed by atoms with Crippen molar-refractivity contribution in [2.24, 2.45) is 0 Å². The molecule has 0 bridgehead atoms. The highest BCUT2D eigenvalue weighted by Gasteiger charge is 2.23. The van der Waals surface area contributed by atoms with Crippen molar-refractivity contribution >= 4 is 28.8 Å². The van der Waals surface area contributed by atoms with Crippen molar-refractivity contribution in [2.45, 2.75) is 61.3 Å². The largest absolute Gasteiger partial charge is 0.333 e. The average Bonchev–Trinajstić information content (AvgIpc) is 3.02. The minimum absolute atomic E-state index is 0.174. The van der Waals surface area contributed by atoms with Crippen LogP contribution < -0.4 is 0 Å². The fourth-order valence-electron chi connectivity index (χ4n) is 2.55. The molecule has 1 aliphatic carbocycles. The Morgan fingerprint density at radius 2 is 1.81 bits per heavy atom. The van der Waals surface area contributed by atoms with Crippen molar-refractivity contribution in [1.29, 1.82) is 0 Å². The maximum atomic E-state index is 12.3. The summed E-state index contributed by atoms with van der Waals surface area (Å²) in [5.41, 5.74) is 0. The molecule has 0 aromatic heterocycles. The van der Waals surface area contributed by atoms with Gasteiger partial charge in [-0.3, -0.25) is 4.79 Å². The summed E-state index contributed by atoms with van der Waals surface area (Å²) in [6, 6.07) is 8.85. The normalized spacial score (nSPS) is 15.3. The van der Waals surface area contributed by atoms with Gasteiger partial charge in [-0.15, -0.1) is 11.8 Å². The Kier molecular flexibility index (Phi) is 6.97. The number of nitrogens with zero attached hydrogens (tertiary/aromatic N) is 1. The molecule has 0 aliphatic heterocycles. The highest BCUT2D eigenvalue weighted by Crippen LogP contribution is 2.29. The number of unbranched alkanes of at least 4 members (excludes halogenated alkanes) is 1. The maximum absolute atomic E-state index is 12.3. The minimum atomic E-state index is 0.174. The van der Waals surface area contributed by atoms with E-state index in [1.54, 1.807) is 0 Å². The van der Waals surface area contributed by atoms with Crippen molar-refractivity contribution in [3.8, 4) is 0 Å². The molecular formula is C17H25NOS2. The zero-order valence-corrected chi connectivity index (χ0v) is 14.6. The van der Waals surface area contributed by atoms with Gasteiger partial charge in [-0.1, -0.05) is 26.2 Å². The van der Waals surface area contributed by atoms with Crippen LogP contribution in [0.5, 0.6) is 0 Å². The average molecular weight is 324 g/mol. The van der Waals surface area contributed by atoms with E-state index in [-0.39, 0.29) is 5.24 Å². The van der Waals surface area contributed by atoms with Crippen LogP contribution in [-0.2, 0) is 0 Å². The highest BCUT2D eigenvalue weighted by molar-refractivity contribution is 8.13. The smallest absolute Gasteiger partial charge is 0.286 e. The van der Waals surface area contributed by atoms with Gasteiger partial charge in [-0.05, 0) is 61.0 Å². The summed E-state index contributed by atoms with van der Waals surface area (Å²) in [5, 5.41) is 0.174. The van der Waals surface area contributed by atoms with Crippen molar-refractivity contribution in [1.82, 2.24) is 4.90 Å². The van der Waals surface area contributed by atoms with Gasteiger partial charge in [0.05, 0.1) is 0 Å². The number of rotatable bonds is 6. The van der Waals surface area contributed by atoms with E-state index in [1.165, 1.54) is 48.1 Å². The lowest BCUT2D eigenvalue weighted by Gasteiger charge is -2.23. The van der Waals surface area contributed by atoms with E-state index in [2.05, 4.69) is 31.2 Å². The third kappa shape index (κ3) is 5.26. The molecular weight excluding hydrogens is 298 g/mol. The zero-order chi connectivity index (χ0) is 15.1. The zero-order valence-electron chi connectivity index (χ0n) is 13.0. The summed E-state index contributed by atoms with van der Waals surface area (Å²) in [6.07, 6.45) is 7.34. The van der Waals surface area contributed by atoms with E-state index in [0.717, 1.165) is 17.7 Å². The molecule has 2 nitrogen and oxygen atoms in total. The van der Waals surface area contributed by atoms with Gasteiger partial charge in [-0.2, -0.15) is 0 Å². The Labute approximate surface area is 137 Å². The fourth-order valence-corrected chi connectivity index (χ4v) is 4.32. The number of benzene rings is 1. The van der Waals surface area contributed by atoms with Gasteiger partial charge in [0.15, 0.2) is 0 Å². The third-order valence-electron chi connectivity index (χ3n) is 3.96. The molecule has 116 valence electrons. The van der Waals surface area contributed by atoms with Gasteiger partial charge in [0.25, 0.3) is 5.24 Å². The predicted molar refractivity (Wildman–Crippen MR) is 93.3 cm³/mol. The second kappa shape index (κ2) is 8.74. The van der Waals surface area contributed by atoms with E-state index in [1.807, 2.05) is 23.7 Å². The lowest BCUT2D eigenvalue weighted by atomic mass is 10.2. The first-order valence-electron chi connectivity index (χ1n) is 7.88. The molecule has 0 saturated heterocycles. The Morgan fingerprint density at radius 3 is 2.43 bits per heavy atom. The number of carbonyl (C=O) groups excluding carboxylic acids is 1. The van der Waals surface area contributed by atoms with Crippen molar-refractivity contribution < 1.29 is 4.79 Å². The molecule has 0 unspecified atom stereocenters. The Morgan fingerprint density at radius 1 is 1.19 bits per heavy atom. The van der Waals surface area contributed by atoms with Crippen molar-refractivity contribution in [2.75, 3.05) is 12.8 Å². The molecule has 1 aliphatic rings. The van der Waals surface area contributed by atoms with Crippen molar-refractivity contribution in [3.63, 3.8) is 0 Å². The topological polar surface area (TPSA) is 20.3 Å². The van der Waals surface area contributed by atoms with Crippen LogP contribution in [0.4, 0.5) is 4.79 Å². The summed E-state index contributed by atoms with van der Waals surface area (Å²) >= 11 is 3.25. The molecule has 4 heteroatoms. The second-order valence-corrected chi connectivity index (χ2v) is 7.78. The van der Waals surface area contributed by atoms with E-state index < -0.39 is 0 Å². The van der Waals surface area contributed by atoms with Crippen LogP contribution in [0.25, 0.3) is 0 Å². The summed E-state index contributed by atoms with van der Waals surface area (Å²) in [4.78, 5) is 16.6. The highest BCUT2D eigenvalue weighted by atomic mass is 32.2. The number of amides is 1. The number of hydrogen-bond acceptors (Lipinski definition) is 3. The molecule has 2 rings (SSSR count). The van der Waals surface area contributed by atoms with E-state index in [0.29, 0.717) is 6.04 Å². The summed E-state index contributed by atoms with van der Waals surface area (Å²) in [5.74, 6) is 1.17. The first-order valence-corrected chi connectivity index (χ1v) is 9.68. The SMILES string of the molecule is CCCCSc1ccc(SC(=O)N(C)C2CCCC2)cc1. The van der Waals surface area contributed by atoms with Crippen molar-refractivity contribution in [3.05, 3.63) is 24.3 Å². The molecule has 1 amide bonds. The van der Waals surface area contributed by atoms with Gasteiger partial charge in [0.2, 0.25) is 0 Å². The standard InChI is InChI=1S/C17H25NOS2/c1-3-4-13-20-15-9-11-16(12-10-15)21-17(19)18(2)14-7-5-6-8-14/h9-12,14H,3-8,13H2,1-2H3. The number of thioether (sulfide) groups is 2. The molecule has 1 aromatic carbocycles. The van der Waals surface area contributed by atoms with Gasteiger partial charge in [0, 0.05) is 22.9 Å². The fraction of sp³-hybridized carbons (Fsp3) is 0.588. The molecule has 1 aromatic rings. The molecule has 0 spiro atoms. The first kappa shape index (κ1) is 16.8. The van der Waals surface area contributed by atoms with Crippen LogP contribution in [0.15, 0.2) is 34.1 Å². The molecule has 21 heavy (non-hydrogen) atoms. The Balaban J connectivity index is 1.83. The third-order valence-corrected chi connectivity index (χ3v) is 6.02. The molecule has 1 saturated carbocycles. The Hall–Kier alpha value is -0.610. The van der Waals surface area contributed by atoms with E-state index in [9.17, 15) is 4.79 Å². The molecule has 1 fully saturated rings. The quantitative estimate of drug-likeness (QED) is 0.497. The van der Waals surface area contributed by atoms with Gasteiger partial charge < -0.3 is 4.90 Å². The molecule has 0 N–H and O–H groups in total. The van der Waals surface area contributed by atoms with Gasteiger partial charge >= 0.3 is 0 Å². The lowest BCUT2D eigenvalue weighted by Crippen LogP contribution is -2.32. The van der Waals surface area contributed by atoms with Gasteiger partial charge in [-0.25, -0.2) is 0 Å². The molecule has 0 atom stereocenters. The van der Waals surface area contributed by atoms with E-state index >= 15 is 0 Å². The van der Waals surface area contributed by atoms with Crippen LogP contribution in [-0.4, -0.2) is 29.0 Å². The molecule has 0 heterocycles. The first-order chi connectivity index (χ1) is 10.2. The van der Waals surface area contributed by atoms with Gasteiger partial charge in [0.1, 0.15) is 0 Å². The maximum Gasteiger partial charge on any atom is 0.286 e. The number of carbonyl (C=O) groups is 1. The van der Waals surface area contributed by atoms with Crippen LogP contribution in [0, 0.1) is 0 Å². The summed E-state index contributed by atoms with van der Waals surface area (Å²) < 4.78 is 0. The van der Waals surface area contributed by atoms with E-state index in [4.69, 9.17) is 0 Å². The summed E-state index contributed by atoms with van der Waals surface area (Å²) in [7, 11) is 1.94. The van der Waals surface area contributed by atoms with Crippen LogP contribution in [0.3, 0.4) is 0 Å². The minimum Gasteiger partial charge on any atom is -0.333 e. The summed E-state index contributed by atoms with van der Waals surface area (Å²) in [6.45, 7) is 2.22.